The molecule has 0 saturated heterocycles. The van der Waals surface area contributed by atoms with Crippen molar-refractivity contribution in [2.24, 2.45) is 0 Å². The van der Waals surface area contributed by atoms with Crippen molar-refractivity contribution in [2.45, 2.75) is 66.5 Å². The Bertz CT molecular complexity index is 414. The summed E-state index contributed by atoms with van der Waals surface area (Å²) in [6, 6.07) is 4.92. The minimum absolute atomic E-state index is 0.243. The lowest BCUT2D eigenvalue weighted by molar-refractivity contribution is 0.0312. The van der Waals surface area contributed by atoms with Crippen LogP contribution in [0.25, 0.3) is 0 Å². The Morgan fingerprint density at radius 3 is 2.20 bits per heavy atom. The van der Waals surface area contributed by atoms with Gasteiger partial charge < -0.3 is 10.1 Å². The lowest BCUT2D eigenvalue weighted by Crippen LogP contribution is -2.34. The summed E-state index contributed by atoms with van der Waals surface area (Å²) in [5, 5.41) is 3.68. The van der Waals surface area contributed by atoms with Crippen LogP contribution >= 0.6 is 0 Å². The zero-order valence-corrected chi connectivity index (χ0v) is 14.0. The van der Waals surface area contributed by atoms with Crippen molar-refractivity contribution in [3.8, 4) is 0 Å². The summed E-state index contributed by atoms with van der Waals surface area (Å²) in [6.45, 7) is 14.9. The molecule has 2 nitrogen and oxygen atoms in total. The molecule has 2 heteroatoms. The number of nitrogens with one attached hydrogen (secondary N) is 1. The standard InChI is InChI=1S/C18H31NO/c1-7-10-19-18(17(8-2)20-9-3)16-12-14(5)13(4)11-15(16)6/h11-12,17-19H,7-10H2,1-6H3. The Morgan fingerprint density at radius 2 is 1.65 bits per heavy atom. The highest BCUT2D eigenvalue weighted by Crippen LogP contribution is 2.27. The van der Waals surface area contributed by atoms with Gasteiger partial charge in [0, 0.05) is 6.61 Å². The second-order valence-corrected chi connectivity index (χ2v) is 5.63. The van der Waals surface area contributed by atoms with Gasteiger partial charge in [0.1, 0.15) is 0 Å². The van der Waals surface area contributed by atoms with Crippen LogP contribution < -0.4 is 5.32 Å². The average molecular weight is 277 g/mol. The van der Waals surface area contributed by atoms with Crippen molar-refractivity contribution in [1.82, 2.24) is 5.32 Å². The number of hydrogen-bond acceptors (Lipinski definition) is 2. The van der Waals surface area contributed by atoms with Gasteiger partial charge in [-0.25, -0.2) is 0 Å². The second kappa shape index (κ2) is 8.43. The van der Waals surface area contributed by atoms with Gasteiger partial charge in [0.05, 0.1) is 12.1 Å². The molecule has 0 aliphatic carbocycles. The number of hydrogen-bond donors (Lipinski definition) is 1. The smallest absolute Gasteiger partial charge is 0.0767 e. The van der Waals surface area contributed by atoms with E-state index in [-0.39, 0.29) is 6.10 Å². The molecule has 2 unspecified atom stereocenters. The van der Waals surface area contributed by atoms with Gasteiger partial charge in [-0.05, 0) is 69.3 Å². The van der Waals surface area contributed by atoms with Gasteiger partial charge in [0.2, 0.25) is 0 Å². The van der Waals surface area contributed by atoms with Crippen LogP contribution in [0.4, 0.5) is 0 Å². The highest BCUT2D eigenvalue weighted by Gasteiger charge is 2.23. The molecule has 1 N–H and O–H groups in total. The monoisotopic (exact) mass is 277 g/mol. The van der Waals surface area contributed by atoms with Crippen LogP contribution in [-0.4, -0.2) is 19.3 Å². The fourth-order valence-corrected chi connectivity index (χ4v) is 2.72. The summed E-state index contributed by atoms with van der Waals surface area (Å²) >= 11 is 0. The van der Waals surface area contributed by atoms with Crippen LogP contribution in [0.5, 0.6) is 0 Å². The van der Waals surface area contributed by atoms with Gasteiger partial charge in [-0.3, -0.25) is 0 Å². The molecule has 1 rings (SSSR count). The Labute approximate surface area is 124 Å². The average Bonchev–Trinajstić information content (AvgIpc) is 2.42. The second-order valence-electron chi connectivity index (χ2n) is 5.63. The van der Waals surface area contributed by atoms with Crippen LogP contribution in [0.2, 0.25) is 0 Å². The van der Waals surface area contributed by atoms with E-state index in [1.165, 1.54) is 22.3 Å². The Morgan fingerprint density at radius 1 is 1.00 bits per heavy atom. The van der Waals surface area contributed by atoms with E-state index in [1.54, 1.807) is 0 Å². The van der Waals surface area contributed by atoms with Crippen molar-refractivity contribution in [3.05, 3.63) is 34.4 Å². The van der Waals surface area contributed by atoms with Crippen molar-refractivity contribution >= 4 is 0 Å². The van der Waals surface area contributed by atoms with E-state index >= 15 is 0 Å². The fraction of sp³-hybridized carbons (Fsp3) is 0.667. The highest BCUT2D eigenvalue weighted by molar-refractivity contribution is 5.38. The van der Waals surface area contributed by atoms with Gasteiger partial charge in [-0.2, -0.15) is 0 Å². The molecular formula is C18H31NO. The van der Waals surface area contributed by atoms with E-state index in [2.05, 4.69) is 59.0 Å². The van der Waals surface area contributed by atoms with Crippen LogP contribution in [0.3, 0.4) is 0 Å². The predicted octanol–water partition coefficient (Wildman–Crippen LogP) is 4.47. The maximum Gasteiger partial charge on any atom is 0.0767 e. The Balaban J connectivity index is 3.11. The SMILES string of the molecule is CCCNC(c1cc(C)c(C)cc1C)C(CC)OCC. The number of ether oxygens (including phenoxy) is 1. The van der Waals surface area contributed by atoms with E-state index in [0.29, 0.717) is 6.04 Å². The first-order valence-electron chi connectivity index (χ1n) is 7.97. The third-order valence-corrected chi connectivity index (χ3v) is 3.99. The van der Waals surface area contributed by atoms with Crippen molar-refractivity contribution in [3.63, 3.8) is 0 Å². The quantitative estimate of drug-likeness (QED) is 0.757. The lowest BCUT2D eigenvalue weighted by Gasteiger charge is -2.29. The first-order chi connectivity index (χ1) is 9.54. The molecule has 0 aromatic heterocycles. The molecule has 114 valence electrons. The molecule has 0 saturated carbocycles. The molecule has 1 aromatic rings. The summed E-state index contributed by atoms with van der Waals surface area (Å²) in [4.78, 5) is 0. The molecule has 0 amide bonds. The molecule has 1 aromatic carbocycles. The Hall–Kier alpha value is -0.860. The van der Waals surface area contributed by atoms with Gasteiger partial charge >= 0.3 is 0 Å². The zero-order chi connectivity index (χ0) is 15.1. The number of rotatable bonds is 8. The van der Waals surface area contributed by atoms with Crippen LogP contribution in [0.1, 0.15) is 61.9 Å². The summed E-state index contributed by atoms with van der Waals surface area (Å²) in [7, 11) is 0. The van der Waals surface area contributed by atoms with E-state index in [1.807, 2.05) is 0 Å². The molecule has 20 heavy (non-hydrogen) atoms. The summed E-state index contributed by atoms with van der Waals surface area (Å²) in [5.74, 6) is 0. The maximum atomic E-state index is 5.97. The first-order valence-corrected chi connectivity index (χ1v) is 7.97. The molecule has 0 fully saturated rings. The molecule has 0 aliphatic rings. The predicted molar refractivity (Wildman–Crippen MR) is 87.4 cm³/mol. The van der Waals surface area contributed by atoms with Crippen molar-refractivity contribution < 1.29 is 4.74 Å². The van der Waals surface area contributed by atoms with Crippen molar-refractivity contribution in [2.75, 3.05) is 13.2 Å². The van der Waals surface area contributed by atoms with Crippen LogP contribution in [-0.2, 0) is 4.74 Å². The normalized spacial score (nSPS) is 14.3. The van der Waals surface area contributed by atoms with Gasteiger partial charge in [0.25, 0.3) is 0 Å². The summed E-state index contributed by atoms with van der Waals surface area (Å²) < 4.78 is 5.97. The topological polar surface area (TPSA) is 21.3 Å². The molecule has 0 radical (unpaired) electrons. The zero-order valence-electron chi connectivity index (χ0n) is 14.0. The Kier molecular flexibility index (Phi) is 7.25. The van der Waals surface area contributed by atoms with E-state index in [0.717, 1.165) is 26.0 Å². The molecule has 2 atom stereocenters. The molecule has 0 heterocycles. The van der Waals surface area contributed by atoms with E-state index < -0.39 is 0 Å². The van der Waals surface area contributed by atoms with Gasteiger partial charge in [-0.1, -0.05) is 26.0 Å². The van der Waals surface area contributed by atoms with Crippen LogP contribution in [0.15, 0.2) is 12.1 Å². The van der Waals surface area contributed by atoms with Gasteiger partial charge in [-0.15, -0.1) is 0 Å². The third kappa shape index (κ3) is 4.32. The molecule has 0 bridgehead atoms. The third-order valence-electron chi connectivity index (χ3n) is 3.99. The molecular weight excluding hydrogens is 246 g/mol. The molecule has 0 aliphatic heterocycles. The minimum atomic E-state index is 0.243. The summed E-state index contributed by atoms with van der Waals surface area (Å²) in [6.07, 6.45) is 2.41. The fourth-order valence-electron chi connectivity index (χ4n) is 2.72. The van der Waals surface area contributed by atoms with E-state index in [4.69, 9.17) is 4.74 Å². The van der Waals surface area contributed by atoms with Gasteiger partial charge in [0.15, 0.2) is 0 Å². The van der Waals surface area contributed by atoms with Crippen molar-refractivity contribution in [1.29, 1.82) is 0 Å². The largest absolute Gasteiger partial charge is 0.377 e. The van der Waals surface area contributed by atoms with E-state index in [9.17, 15) is 0 Å². The van der Waals surface area contributed by atoms with Crippen LogP contribution in [0, 0.1) is 20.8 Å². The summed E-state index contributed by atoms with van der Waals surface area (Å²) in [5.41, 5.74) is 5.48. The maximum absolute atomic E-state index is 5.97. The first kappa shape index (κ1) is 17.2. The molecule has 0 spiro atoms. The number of benzene rings is 1. The lowest BCUT2D eigenvalue weighted by atomic mass is 9.92. The number of aryl methyl sites for hydroxylation is 3. The highest BCUT2D eigenvalue weighted by atomic mass is 16.5. The minimum Gasteiger partial charge on any atom is -0.377 e.